The molecule has 1 aromatic carbocycles. The number of methoxy groups -OCH3 is 1. The van der Waals surface area contributed by atoms with E-state index >= 15 is 0 Å². The molecule has 1 saturated heterocycles. The molecule has 1 atom stereocenters. The molecule has 0 saturated carbocycles. The Morgan fingerprint density at radius 2 is 2.33 bits per heavy atom. The lowest BCUT2D eigenvalue weighted by Crippen LogP contribution is -2.08. The van der Waals surface area contributed by atoms with Crippen LogP contribution in [0, 0.1) is 0 Å². The summed E-state index contributed by atoms with van der Waals surface area (Å²) in [4.78, 5) is 1.30. The third kappa shape index (κ3) is 2.13. The Balaban J connectivity index is 2.36. The van der Waals surface area contributed by atoms with Crippen molar-refractivity contribution in [3.8, 4) is 5.75 Å². The Morgan fingerprint density at radius 3 is 2.93 bits per heavy atom. The fourth-order valence-corrected chi connectivity index (χ4v) is 2.98. The van der Waals surface area contributed by atoms with Gasteiger partial charge in [0.05, 0.1) is 12.0 Å². The maximum Gasteiger partial charge on any atom is 0.132 e. The zero-order chi connectivity index (χ0) is 10.7. The second kappa shape index (κ2) is 4.90. The van der Waals surface area contributed by atoms with Crippen molar-refractivity contribution < 1.29 is 4.74 Å². The van der Waals surface area contributed by atoms with Gasteiger partial charge in [-0.3, -0.25) is 0 Å². The van der Waals surface area contributed by atoms with Crippen molar-refractivity contribution in [3.05, 3.63) is 23.8 Å². The van der Waals surface area contributed by atoms with Crippen LogP contribution in [0.1, 0.15) is 17.9 Å². The van der Waals surface area contributed by atoms with Crippen molar-refractivity contribution in [2.24, 2.45) is 0 Å². The molecule has 0 aliphatic carbocycles. The number of benzene rings is 1. The van der Waals surface area contributed by atoms with Crippen molar-refractivity contribution >= 4 is 11.8 Å². The molecule has 15 heavy (non-hydrogen) atoms. The van der Waals surface area contributed by atoms with Gasteiger partial charge in [-0.05, 0) is 36.8 Å². The van der Waals surface area contributed by atoms with Gasteiger partial charge < -0.3 is 10.1 Å². The summed E-state index contributed by atoms with van der Waals surface area (Å²) < 4.78 is 5.40. The quantitative estimate of drug-likeness (QED) is 0.796. The number of thioether (sulfide) groups is 1. The highest BCUT2D eigenvalue weighted by atomic mass is 32.2. The minimum absolute atomic E-state index is 0.655. The van der Waals surface area contributed by atoms with Gasteiger partial charge in [0.1, 0.15) is 5.75 Å². The molecule has 1 aliphatic heterocycles. The molecule has 1 N–H and O–H groups in total. The molecule has 82 valence electrons. The largest absolute Gasteiger partial charge is 0.496 e. The molecule has 2 rings (SSSR count). The second-order valence-corrected chi connectivity index (χ2v) is 4.59. The zero-order valence-electron chi connectivity index (χ0n) is 9.25. The van der Waals surface area contributed by atoms with Crippen LogP contribution in [-0.2, 0) is 0 Å². The first-order valence-electron chi connectivity index (χ1n) is 5.28. The molecule has 1 aromatic rings. The Labute approximate surface area is 95.4 Å². The zero-order valence-corrected chi connectivity index (χ0v) is 10.1. The minimum Gasteiger partial charge on any atom is -0.496 e. The maximum absolute atomic E-state index is 5.40. The van der Waals surface area contributed by atoms with Crippen LogP contribution in [0.5, 0.6) is 5.75 Å². The van der Waals surface area contributed by atoms with E-state index in [1.807, 2.05) is 6.07 Å². The van der Waals surface area contributed by atoms with Gasteiger partial charge in [0, 0.05) is 6.54 Å². The predicted molar refractivity (Wildman–Crippen MR) is 65.0 cm³/mol. The van der Waals surface area contributed by atoms with Crippen LogP contribution in [0.2, 0.25) is 0 Å². The molecule has 1 unspecified atom stereocenters. The van der Waals surface area contributed by atoms with Crippen LogP contribution >= 0.6 is 11.8 Å². The average Bonchev–Trinajstić information content (AvgIpc) is 2.81. The molecule has 1 fully saturated rings. The van der Waals surface area contributed by atoms with Crippen LogP contribution < -0.4 is 10.1 Å². The second-order valence-electron chi connectivity index (χ2n) is 3.77. The molecular formula is C12H17NOS. The average molecular weight is 223 g/mol. The van der Waals surface area contributed by atoms with Crippen molar-refractivity contribution in [3.63, 3.8) is 0 Å². The molecule has 3 heteroatoms. The molecular weight excluding hydrogens is 206 g/mol. The topological polar surface area (TPSA) is 21.3 Å². The summed E-state index contributed by atoms with van der Waals surface area (Å²) in [6.07, 6.45) is 3.35. The summed E-state index contributed by atoms with van der Waals surface area (Å²) in [7, 11) is 1.74. The van der Waals surface area contributed by atoms with Gasteiger partial charge in [-0.25, -0.2) is 0 Å². The molecule has 0 radical (unpaired) electrons. The van der Waals surface area contributed by atoms with E-state index in [0.29, 0.717) is 5.92 Å². The van der Waals surface area contributed by atoms with Gasteiger partial charge in [-0.2, -0.15) is 0 Å². The third-order valence-corrected chi connectivity index (χ3v) is 3.78. The number of hydrogen-bond acceptors (Lipinski definition) is 3. The Bertz CT molecular complexity index is 334. The van der Waals surface area contributed by atoms with E-state index in [-0.39, 0.29) is 0 Å². The lowest BCUT2D eigenvalue weighted by atomic mass is 9.98. The molecule has 1 aliphatic rings. The summed E-state index contributed by atoms with van der Waals surface area (Å²) in [5, 5.41) is 3.41. The van der Waals surface area contributed by atoms with Gasteiger partial charge in [0.25, 0.3) is 0 Å². The lowest BCUT2D eigenvalue weighted by molar-refractivity contribution is 0.403. The fourth-order valence-electron chi connectivity index (χ4n) is 2.15. The summed E-state index contributed by atoms with van der Waals surface area (Å²) in [6, 6.07) is 6.36. The maximum atomic E-state index is 5.40. The number of ether oxygens (including phenoxy) is 1. The number of hydrogen-bond donors (Lipinski definition) is 1. The summed E-state index contributed by atoms with van der Waals surface area (Å²) >= 11 is 1.78. The predicted octanol–water partition coefficient (Wildman–Crippen LogP) is 2.49. The van der Waals surface area contributed by atoms with Crippen molar-refractivity contribution in [2.45, 2.75) is 17.2 Å². The smallest absolute Gasteiger partial charge is 0.132 e. The SMILES string of the molecule is COc1cccc(C2CCNC2)c1SC. The van der Waals surface area contributed by atoms with Crippen molar-refractivity contribution in [1.29, 1.82) is 0 Å². The van der Waals surface area contributed by atoms with Crippen LogP contribution in [0.3, 0.4) is 0 Å². The van der Waals surface area contributed by atoms with Crippen LogP contribution in [0.25, 0.3) is 0 Å². The van der Waals surface area contributed by atoms with Crippen LogP contribution in [-0.4, -0.2) is 26.5 Å². The Morgan fingerprint density at radius 1 is 1.47 bits per heavy atom. The van der Waals surface area contributed by atoms with E-state index in [9.17, 15) is 0 Å². The van der Waals surface area contributed by atoms with Crippen molar-refractivity contribution in [2.75, 3.05) is 26.5 Å². The molecule has 1 heterocycles. The Kier molecular flexibility index (Phi) is 3.54. The molecule has 0 amide bonds. The number of nitrogens with one attached hydrogen (secondary N) is 1. The highest BCUT2D eigenvalue weighted by molar-refractivity contribution is 7.98. The Hall–Kier alpha value is -0.670. The van der Waals surface area contributed by atoms with Gasteiger partial charge in [-0.15, -0.1) is 11.8 Å². The first-order valence-corrected chi connectivity index (χ1v) is 6.51. The highest BCUT2D eigenvalue weighted by Crippen LogP contribution is 2.37. The standard InChI is InChI=1S/C12H17NOS/c1-14-11-5-3-4-10(12(11)15-2)9-6-7-13-8-9/h3-5,9,13H,6-8H2,1-2H3. The van der Waals surface area contributed by atoms with Crippen LogP contribution in [0.4, 0.5) is 0 Å². The highest BCUT2D eigenvalue weighted by Gasteiger charge is 2.20. The van der Waals surface area contributed by atoms with E-state index < -0.39 is 0 Å². The summed E-state index contributed by atoms with van der Waals surface area (Å²) in [5.74, 6) is 1.66. The van der Waals surface area contributed by atoms with Gasteiger partial charge in [0.2, 0.25) is 0 Å². The van der Waals surface area contributed by atoms with Crippen LogP contribution in [0.15, 0.2) is 23.1 Å². The van der Waals surface area contributed by atoms with E-state index in [1.165, 1.54) is 16.9 Å². The normalized spacial score (nSPS) is 20.5. The van der Waals surface area contributed by atoms with E-state index in [1.54, 1.807) is 18.9 Å². The number of rotatable bonds is 3. The van der Waals surface area contributed by atoms with E-state index in [2.05, 4.69) is 23.7 Å². The summed E-state index contributed by atoms with van der Waals surface area (Å²) in [6.45, 7) is 2.23. The summed E-state index contributed by atoms with van der Waals surface area (Å²) in [5.41, 5.74) is 1.44. The van der Waals surface area contributed by atoms with E-state index in [4.69, 9.17) is 4.74 Å². The molecule has 2 nitrogen and oxygen atoms in total. The first-order chi connectivity index (χ1) is 7.36. The van der Waals surface area contributed by atoms with E-state index in [0.717, 1.165) is 18.8 Å². The monoisotopic (exact) mass is 223 g/mol. The van der Waals surface area contributed by atoms with Gasteiger partial charge in [0.15, 0.2) is 0 Å². The minimum atomic E-state index is 0.655. The first kappa shape index (κ1) is 10.8. The molecule has 0 bridgehead atoms. The fraction of sp³-hybridized carbons (Fsp3) is 0.500. The lowest BCUT2D eigenvalue weighted by Gasteiger charge is -2.16. The van der Waals surface area contributed by atoms with Gasteiger partial charge >= 0.3 is 0 Å². The molecule has 0 aromatic heterocycles. The molecule has 0 spiro atoms. The van der Waals surface area contributed by atoms with Crippen molar-refractivity contribution in [1.82, 2.24) is 5.32 Å². The van der Waals surface area contributed by atoms with Gasteiger partial charge in [-0.1, -0.05) is 12.1 Å². The third-order valence-electron chi connectivity index (χ3n) is 2.93.